The molecule has 0 saturated carbocycles. The average Bonchev–Trinajstić information content (AvgIpc) is 2.65. The summed E-state index contributed by atoms with van der Waals surface area (Å²) < 4.78 is 1.38. The van der Waals surface area contributed by atoms with Crippen LogP contribution in [0.5, 0.6) is 0 Å². The first kappa shape index (κ1) is 19.8. The van der Waals surface area contributed by atoms with Gasteiger partial charge in [-0.3, -0.25) is 19.0 Å². The van der Waals surface area contributed by atoms with Crippen molar-refractivity contribution in [2.45, 2.75) is 13.1 Å². The molecule has 0 unspecified atom stereocenters. The van der Waals surface area contributed by atoms with E-state index in [1.807, 2.05) is 0 Å². The minimum atomic E-state index is -1.24. The number of carboxylic acids is 1. The molecule has 8 nitrogen and oxygen atoms in total. The second-order valence-corrected chi connectivity index (χ2v) is 7.20. The molecule has 0 aliphatic rings. The van der Waals surface area contributed by atoms with Crippen LogP contribution in [0.4, 0.5) is 5.69 Å². The van der Waals surface area contributed by atoms with Crippen LogP contribution in [-0.4, -0.2) is 26.5 Å². The Bertz CT molecular complexity index is 1150. The molecule has 3 rings (SSSR count). The molecule has 1 aromatic carbocycles. The first-order valence-corrected chi connectivity index (χ1v) is 9.17. The Kier molecular flexibility index (Phi) is 5.66. The van der Waals surface area contributed by atoms with E-state index in [-0.39, 0.29) is 23.4 Å². The molecule has 10 heteroatoms. The maximum Gasteiger partial charge on any atom is 0.323 e. The highest BCUT2D eigenvalue weighted by atomic mass is 79.9. The number of aromatic nitrogens is 2. The number of hydrogen-bond acceptors (Lipinski definition) is 5. The first-order valence-electron chi connectivity index (χ1n) is 8.00. The third-order valence-corrected chi connectivity index (χ3v) is 4.90. The zero-order valence-corrected chi connectivity index (χ0v) is 16.6. The molecule has 0 aliphatic heterocycles. The highest BCUT2D eigenvalue weighted by molar-refractivity contribution is 9.10. The standard InChI is InChI=1S/C18H14BrClN4O4/c19-13-7-22-16-11(15(13)21)5-12(18(28)24(16)8-14(25)26)17(27)23-6-9-1-3-10(20)4-2-9/h1-5,7H,6,8H2,(H2,21,22)(H,23,27)(H,25,26). The quantitative estimate of drug-likeness (QED) is 0.531. The van der Waals surface area contributed by atoms with Gasteiger partial charge in [0.1, 0.15) is 17.8 Å². The normalized spacial score (nSPS) is 10.8. The van der Waals surface area contributed by atoms with Crippen LogP contribution in [0.3, 0.4) is 0 Å². The Morgan fingerprint density at radius 1 is 1.29 bits per heavy atom. The van der Waals surface area contributed by atoms with Crippen LogP contribution in [-0.2, 0) is 17.9 Å². The number of nitrogens with two attached hydrogens (primary N) is 1. The van der Waals surface area contributed by atoms with Crippen molar-refractivity contribution in [1.29, 1.82) is 0 Å². The number of anilines is 1. The fourth-order valence-corrected chi connectivity index (χ4v) is 3.08. The maximum atomic E-state index is 12.7. The number of nitrogen functional groups attached to an aromatic ring is 1. The molecule has 0 atom stereocenters. The van der Waals surface area contributed by atoms with Gasteiger partial charge in [-0.05, 0) is 39.7 Å². The fraction of sp³-hybridized carbons (Fsp3) is 0.111. The minimum absolute atomic E-state index is 0.0855. The van der Waals surface area contributed by atoms with Crippen molar-refractivity contribution in [2.75, 3.05) is 5.73 Å². The van der Waals surface area contributed by atoms with Gasteiger partial charge in [0.25, 0.3) is 11.5 Å². The summed E-state index contributed by atoms with van der Waals surface area (Å²) in [4.78, 5) is 40.6. The predicted molar refractivity (Wildman–Crippen MR) is 108 cm³/mol. The van der Waals surface area contributed by atoms with Gasteiger partial charge in [-0.15, -0.1) is 0 Å². The van der Waals surface area contributed by atoms with Crippen LogP contribution in [0.1, 0.15) is 15.9 Å². The highest BCUT2D eigenvalue weighted by Crippen LogP contribution is 2.26. The van der Waals surface area contributed by atoms with E-state index in [1.165, 1.54) is 12.3 Å². The summed E-state index contributed by atoms with van der Waals surface area (Å²) in [5, 5.41) is 12.6. The van der Waals surface area contributed by atoms with E-state index < -0.39 is 24.0 Å². The molecule has 28 heavy (non-hydrogen) atoms. The van der Waals surface area contributed by atoms with E-state index in [0.29, 0.717) is 14.9 Å². The van der Waals surface area contributed by atoms with Gasteiger partial charge in [-0.1, -0.05) is 23.7 Å². The van der Waals surface area contributed by atoms with Crippen molar-refractivity contribution in [2.24, 2.45) is 0 Å². The number of nitrogens with one attached hydrogen (secondary N) is 1. The average molecular weight is 466 g/mol. The van der Waals surface area contributed by atoms with E-state index in [2.05, 4.69) is 26.2 Å². The lowest BCUT2D eigenvalue weighted by Gasteiger charge is -2.13. The molecule has 0 aliphatic carbocycles. The molecular formula is C18H14BrClN4O4. The zero-order chi connectivity index (χ0) is 20.4. The second-order valence-electron chi connectivity index (χ2n) is 5.91. The fourth-order valence-electron chi connectivity index (χ4n) is 2.64. The van der Waals surface area contributed by atoms with Crippen LogP contribution in [0.25, 0.3) is 11.0 Å². The number of pyridine rings is 2. The Balaban J connectivity index is 2.04. The molecule has 0 saturated heterocycles. The summed E-state index contributed by atoms with van der Waals surface area (Å²) in [6.07, 6.45) is 1.37. The van der Waals surface area contributed by atoms with Gasteiger partial charge < -0.3 is 16.2 Å². The second kappa shape index (κ2) is 7.99. The molecule has 4 N–H and O–H groups in total. The van der Waals surface area contributed by atoms with E-state index in [4.69, 9.17) is 22.4 Å². The molecule has 0 fully saturated rings. The number of carbonyl (C=O) groups is 2. The van der Waals surface area contributed by atoms with Gasteiger partial charge in [-0.25, -0.2) is 4.98 Å². The predicted octanol–water partition coefficient (Wildman–Crippen LogP) is 2.41. The van der Waals surface area contributed by atoms with Crippen LogP contribution >= 0.6 is 27.5 Å². The van der Waals surface area contributed by atoms with Gasteiger partial charge in [-0.2, -0.15) is 0 Å². The highest BCUT2D eigenvalue weighted by Gasteiger charge is 2.19. The van der Waals surface area contributed by atoms with Crippen molar-refractivity contribution in [3.63, 3.8) is 0 Å². The van der Waals surface area contributed by atoms with E-state index in [0.717, 1.165) is 10.1 Å². The number of rotatable bonds is 5. The van der Waals surface area contributed by atoms with Crippen molar-refractivity contribution in [1.82, 2.24) is 14.9 Å². The molecule has 1 amide bonds. The lowest BCUT2D eigenvalue weighted by Crippen LogP contribution is -2.34. The van der Waals surface area contributed by atoms with Crippen LogP contribution in [0, 0.1) is 0 Å². The molecule has 2 heterocycles. The summed E-state index contributed by atoms with van der Waals surface area (Å²) in [6.45, 7) is -0.486. The Labute approximate surface area is 172 Å². The maximum absolute atomic E-state index is 12.7. The number of hydrogen-bond donors (Lipinski definition) is 3. The summed E-state index contributed by atoms with van der Waals surface area (Å²) in [6, 6.07) is 8.17. The van der Waals surface area contributed by atoms with Gasteiger partial charge >= 0.3 is 5.97 Å². The van der Waals surface area contributed by atoms with Crippen molar-refractivity contribution >= 4 is 56.1 Å². The zero-order valence-electron chi connectivity index (χ0n) is 14.3. The van der Waals surface area contributed by atoms with Gasteiger partial charge in [0, 0.05) is 23.2 Å². The molecule has 0 radical (unpaired) electrons. The third kappa shape index (κ3) is 4.00. The lowest BCUT2D eigenvalue weighted by atomic mass is 10.1. The number of benzene rings is 1. The van der Waals surface area contributed by atoms with Gasteiger partial charge in [0.05, 0.1) is 10.2 Å². The Morgan fingerprint density at radius 3 is 2.61 bits per heavy atom. The number of halogens is 2. The van der Waals surface area contributed by atoms with E-state index in [1.54, 1.807) is 24.3 Å². The largest absolute Gasteiger partial charge is 0.480 e. The SMILES string of the molecule is Nc1c(Br)cnc2c1cc(C(=O)NCc1ccc(Cl)cc1)c(=O)n2CC(=O)O. The Morgan fingerprint density at radius 2 is 1.96 bits per heavy atom. The van der Waals surface area contributed by atoms with E-state index >= 15 is 0 Å². The Hall–Kier alpha value is -2.91. The van der Waals surface area contributed by atoms with Crippen LogP contribution in [0.15, 0.2) is 45.8 Å². The van der Waals surface area contributed by atoms with E-state index in [9.17, 15) is 14.4 Å². The van der Waals surface area contributed by atoms with Crippen molar-refractivity contribution in [3.05, 3.63) is 67.5 Å². The molecule has 144 valence electrons. The van der Waals surface area contributed by atoms with Gasteiger partial charge in [0.2, 0.25) is 0 Å². The summed E-state index contributed by atoms with van der Waals surface area (Å²) in [5.74, 6) is -1.90. The molecule has 0 spiro atoms. The van der Waals surface area contributed by atoms with Crippen LogP contribution < -0.4 is 16.6 Å². The molecule has 3 aromatic rings. The number of amides is 1. The molecule has 2 aromatic heterocycles. The monoisotopic (exact) mass is 464 g/mol. The molecule has 0 bridgehead atoms. The number of fused-ring (bicyclic) bond motifs is 1. The summed E-state index contributed by atoms with van der Waals surface area (Å²) in [7, 11) is 0. The molecular weight excluding hydrogens is 452 g/mol. The number of nitrogens with zero attached hydrogens (tertiary/aromatic N) is 2. The number of carbonyl (C=O) groups excluding carboxylic acids is 1. The van der Waals surface area contributed by atoms with Crippen LogP contribution in [0.2, 0.25) is 5.02 Å². The summed E-state index contributed by atoms with van der Waals surface area (Å²) in [5.41, 5.74) is 6.15. The minimum Gasteiger partial charge on any atom is -0.480 e. The topological polar surface area (TPSA) is 127 Å². The van der Waals surface area contributed by atoms with Crippen molar-refractivity contribution < 1.29 is 14.7 Å². The van der Waals surface area contributed by atoms with Crippen molar-refractivity contribution in [3.8, 4) is 0 Å². The number of carboxylic acid groups (broad SMARTS) is 1. The summed E-state index contributed by atoms with van der Waals surface area (Å²) >= 11 is 9.07. The first-order chi connectivity index (χ1) is 13.3. The van der Waals surface area contributed by atoms with Gasteiger partial charge in [0.15, 0.2) is 0 Å². The number of aliphatic carboxylic acids is 1. The lowest BCUT2D eigenvalue weighted by molar-refractivity contribution is -0.137. The smallest absolute Gasteiger partial charge is 0.323 e. The third-order valence-electron chi connectivity index (χ3n) is 4.01.